The van der Waals surface area contributed by atoms with E-state index in [-0.39, 0.29) is 17.3 Å². The van der Waals surface area contributed by atoms with Crippen molar-refractivity contribution >= 4 is 23.2 Å². The van der Waals surface area contributed by atoms with E-state index >= 15 is 0 Å². The van der Waals surface area contributed by atoms with Gasteiger partial charge in [-0.3, -0.25) is 0 Å². The van der Waals surface area contributed by atoms with Crippen LogP contribution in [0.5, 0.6) is 0 Å². The van der Waals surface area contributed by atoms with Gasteiger partial charge in [0, 0.05) is 17.8 Å². The highest BCUT2D eigenvalue weighted by Gasteiger charge is 2.22. The molecule has 0 saturated heterocycles. The summed E-state index contributed by atoms with van der Waals surface area (Å²) in [6.45, 7) is 5.35. The predicted octanol–water partition coefficient (Wildman–Crippen LogP) is 3.70. The van der Waals surface area contributed by atoms with Crippen molar-refractivity contribution in [3.8, 4) is 0 Å². The van der Waals surface area contributed by atoms with Crippen LogP contribution in [0.25, 0.3) is 5.52 Å². The third-order valence-corrected chi connectivity index (χ3v) is 4.55. The third-order valence-electron chi connectivity index (χ3n) is 4.55. The first-order valence-electron chi connectivity index (χ1n) is 8.89. The Labute approximate surface area is 166 Å². The Morgan fingerprint density at radius 2 is 2.07 bits per heavy atom. The lowest BCUT2D eigenvalue weighted by Crippen LogP contribution is -2.30. The number of carbonyl (C=O) groups is 2. The monoisotopic (exact) mass is 397 g/mol. The van der Waals surface area contributed by atoms with Crippen molar-refractivity contribution in [1.29, 1.82) is 0 Å². The molecule has 1 unspecified atom stereocenters. The number of carbonyl (C=O) groups excluding carboxylic acids is 1. The second-order valence-corrected chi connectivity index (χ2v) is 6.53. The zero-order valence-corrected chi connectivity index (χ0v) is 16.1. The minimum atomic E-state index is -1.19. The molecule has 0 fully saturated rings. The average Bonchev–Trinajstić information content (AvgIpc) is 3.13. The molecule has 0 saturated carbocycles. The molecule has 9 heteroatoms. The predicted molar refractivity (Wildman–Crippen MR) is 105 cm³/mol. The molecular weight excluding hydrogens is 377 g/mol. The molecule has 29 heavy (non-hydrogen) atoms. The fraction of sp³-hybridized carbons (Fsp3) is 0.200. The molecule has 3 N–H and O–H groups in total. The molecule has 2 heterocycles. The molecule has 3 rings (SSSR count). The number of fused-ring (bicyclic) bond motifs is 1. The molecule has 2 aromatic heterocycles. The van der Waals surface area contributed by atoms with E-state index in [1.54, 1.807) is 44.3 Å². The fourth-order valence-corrected chi connectivity index (χ4v) is 3.08. The van der Waals surface area contributed by atoms with Gasteiger partial charge in [0.2, 0.25) is 0 Å². The van der Waals surface area contributed by atoms with Crippen LogP contribution in [0.1, 0.15) is 41.4 Å². The Bertz CT molecular complexity index is 1120. The lowest BCUT2D eigenvalue weighted by Gasteiger charge is -2.19. The van der Waals surface area contributed by atoms with E-state index < -0.39 is 17.8 Å². The number of rotatable bonds is 5. The van der Waals surface area contributed by atoms with E-state index in [2.05, 4.69) is 20.9 Å². The van der Waals surface area contributed by atoms with Crippen LogP contribution >= 0.6 is 0 Å². The maximum atomic E-state index is 13.9. The largest absolute Gasteiger partial charge is 0.476 e. The summed E-state index contributed by atoms with van der Waals surface area (Å²) < 4.78 is 15.3. The van der Waals surface area contributed by atoms with Crippen molar-refractivity contribution in [2.45, 2.75) is 26.7 Å². The van der Waals surface area contributed by atoms with Gasteiger partial charge >= 0.3 is 12.0 Å². The number of allylic oxidation sites excluding steroid dienone is 2. The number of halogens is 1. The minimum Gasteiger partial charge on any atom is -0.476 e. The Hall–Kier alpha value is -3.75. The number of amides is 2. The van der Waals surface area contributed by atoms with Crippen molar-refractivity contribution in [3.63, 3.8) is 0 Å². The van der Waals surface area contributed by atoms with Gasteiger partial charge in [-0.15, -0.1) is 5.10 Å². The maximum Gasteiger partial charge on any atom is 0.358 e. The second-order valence-electron chi connectivity index (χ2n) is 6.53. The van der Waals surface area contributed by atoms with Crippen molar-refractivity contribution < 1.29 is 19.1 Å². The summed E-state index contributed by atoms with van der Waals surface area (Å²) in [5, 5.41) is 22.1. The average molecular weight is 397 g/mol. The highest BCUT2D eigenvalue weighted by molar-refractivity contribution is 5.94. The number of aromatic nitrogens is 3. The van der Waals surface area contributed by atoms with Crippen molar-refractivity contribution in [2.75, 3.05) is 5.32 Å². The summed E-state index contributed by atoms with van der Waals surface area (Å²) in [4.78, 5) is 23.9. The molecule has 8 nitrogen and oxygen atoms in total. The van der Waals surface area contributed by atoms with Crippen LogP contribution < -0.4 is 10.6 Å². The van der Waals surface area contributed by atoms with Gasteiger partial charge in [0.15, 0.2) is 5.69 Å². The topological polar surface area (TPSA) is 109 Å². The number of anilines is 1. The molecule has 2 amide bonds. The molecule has 3 aromatic rings. The van der Waals surface area contributed by atoms with Gasteiger partial charge < -0.3 is 15.7 Å². The first-order chi connectivity index (χ1) is 13.8. The summed E-state index contributed by atoms with van der Waals surface area (Å²) in [6, 6.07) is 7.29. The number of urea groups is 1. The van der Waals surface area contributed by atoms with Crippen molar-refractivity contribution in [1.82, 2.24) is 20.1 Å². The number of nitrogens with zero attached hydrogens (tertiary/aromatic N) is 3. The first kappa shape index (κ1) is 20.0. The second kappa shape index (κ2) is 8.09. The standard InChI is InChI=1S/C20H20FN5O3/c1-4-15(22-20(29)23-16-10-11(2)7-8-14(16)21)12(3)13-6-5-9-26-18(13)17(19(27)28)24-25-26/h4-10,12H,1-3H3,(H,27,28)(H2,22,23,29)/b15-4-. The molecule has 150 valence electrons. The van der Waals surface area contributed by atoms with E-state index in [1.807, 2.05) is 6.92 Å². The molecule has 0 aliphatic carbocycles. The lowest BCUT2D eigenvalue weighted by atomic mass is 9.96. The van der Waals surface area contributed by atoms with Gasteiger partial charge in [-0.25, -0.2) is 18.5 Å². The highest BCUT2D eigenvalue weighted by atomic mass is 19.1. The van der Waals surface area contributed by atoms with Gasteiger partial charge in [-0.2, -0.15) is 0 Å². The normalized spacial score (nSPS) is 12.6. The Kier molecular flexibility index (Phi) is 5.58. The maximum absolute atomic E-state index is 13.9. The number of carboxylic acid groups (broad SMARTS) is 1. The van der Waals surface area contributed by atoms with Gasteiger partial charge in [0.25, 0.3) is 0 Å². The third kappa shape index (κ3) is 4.08. The summed E-state index contributed by atoms with van der Waals surface area (Å²) in [5.41, 5.74) is 2.20. The van der Waals surface area contributed by atoms with E-state index in [1.165, 1.54) is 16.6 Å². The Balaban J connectivity index is 1.86. The number of carboxylic acids is 1. The molecule has 0 spiro atoms. The van der Waals surface area contributed by atoms with Crippen LogP contribution in [0.4, 0.5) is 14.9 Å². The molecule has 0 radical (unpaired) electrons. The van der Waals surface area contributed by atoms with Crippen LogP contribution in [0, 0.1) is 12.7 Å². The summed E-state index contributed by atoms with van der Waals surface area (Å²) in [6.07, 6.45) is 3.30. The quantitative estimate of drug-likeness (QED) is 0.608. The molecule has 1 atom stereocenters. The number of pyridine rings is 1. The van der Waals surface area contributed by atoms with Gasteiger partial charge in [0.1, 0.15) is 11.3 Å². The van der Waals surface area contributed by atoms with E-state index in [4.69, 9.17) is 0 Å². The fourth-order valence-electron chi connectivity index (χ4n) is 3.08. The smallest absolute Gasteiger partial charge is 0.358 e. The van der Waals surface area contributed by atoms with E-state index in [0.717, 1.165) is 5.56 Å². The van der Waals surface area contributed by atoms with Crippen LogP contribution in [0.2, 0.25) is 0 Å². The zero-order valence-electron chi connectivity index (χ0n) is 16.1. The summed E-state index contributed by atoms with van der Waals surface area (Å²) in [5.74, 6) is -2.11. The molecular formula is C20H20FN5O3. The number of benzene rings is 1. The number of hydrogen-bond acceptors (Lipinski definition) is 4. The van der Waals surface area contributed by atoms with Crippen molar-refractivity contribution in [3.05, 3.63) is 70.9 Å². The summed E-state index contributed by atoms with van der Waals surface area (Å²) >= 11 is 0. The lowest BCUT2D eigenvalue weighted by molar-refractivity contribution is 0.0692. The highest BCUT2D eigenvalue weighted by Crippen LogP contribution is 2.27. The Morgan fingerprint density at radius 3 is 2.76 bits per heavy atom. The zero-order chi connectivity index (χ0) is 21.1. The van der Waals surface area contributed by atoms with Crippen LogP contribution in [-0.2, 0) is 0 Å². The minimum absolute atomic E-state index is 0.0702. The molecule has 0 aliphatic rings. The van der Waals surface area contributed by atoms with E-state index in [0.29, 0.717) is 16.8 Å². The SMILES string of the molecule is C/C=C(\NC(=O)Nc1cc(C)ccc1F)C(C)c1cccn2nnc(C(=O)O)c12. The number of nitrogens with one attached hydrogen (secondary N) is 2. The molecule has 0 aliphatic heterocycles. The first-order valence-corrected chi connectivity index (χ1v) is 8.89. The molecule has 1 aromatic carbocycles. The number of hydrogen-bond donors (Lipinski definition) is 3. The van der Waals surface area contributed by atoms with Crippen molar-refractivity contribution in [2.24, 2.45) is 0 Å². The van der Waals surface area contributed by atoms with Crippen LogP contribution in [0.15, 0.2) is 48.3 Å². The van der Waals surface area contributed by atoms with Gasteiger partial charge in [-0.05, 0) is 43.2 Å². The Morgan fingerprint density at radius 1 is 1.31 bits per heavy atom. The molecule has 0 bridgehead atoms. The van der Waals surface area contributed by atoms with Crippen LogP contribution in [0.3, 0.4) is 0 Å². The summed E-state index contributed by atoms with van der Waals surface area (Å²) in [7, 11) is 0. The number of aromatic carboxylic acids is 1. The number of aryl methyl sites for hydroxylation is 1. The van der Waals surface area contributed by atoms with Gasteiger partial charge in [-0.1, -0.05) is 30.3 Å². The van der Waals surface area contributed by atoms with Crippen LogP contribution in [-0.4, -0.2) is 31.9 Å². The van der Waals surface area contributed by atoms with E-state index in [9.17, 15) is 19.1 Å². The van der Waals surface area contributed by atoms with Gasteiger partial charge in [0.05, 0.1) is 5.69 Å².